The summed E-state index contributed by atoms with van der Waals surface area (Å²) >= 11 is 0. The number of benzene rings is 1. The number of likely N-dealkylation sites (tertiary alicyclic amines) is 1. The number of phenols is 1. The van der Waals surface area contributed by atoms with Gasteiger partial charge in [-0.2, -0.15) is 0 Å². The lowest BCUT2D eigenvalue weighted by Gasteiger charge is -2.59. The lowest BCUT2D eigenvalue weighted by Crippen LogP contribution is -2.69. The Morgan fingerprint density at radius 1 is 1.26 bits per heavy atom. The molecule has 2 saturated carbocycles. The minimum atomic E-state index is -0.736. The Balaban J connectivity index is 1.64. The average Bonchev–Trinajstić information content (AvgIpc) is 3.25. The molecule has 0 amide bonds. The van der Waals surface area contributed by atoms with E-state index in [1.54, 1.807) is 6.07 Å². The summed E-state index contributed by atoms with van der Waals surface area (Å²) < 4.78 is 0. The molecule has 5 rings (SSSR count). The minimum Gasteiger partial charge on any atom is -0.508 e. The third kappa shape index (κ3) is 1.83. The van der Waals surface area contributed by atoms with Crippen LogP contribution in [0.3, 0.4) is 0 Å². The van der Waals surface area contributed by atoms with Crippen molar-refractivity contribution < 1.29 is 10.2 Å². The van der Waals surface area contributed by atoms with Crippen molar-refractivity contribution >= 4 is 0 Å². The monoisotopic (exact) mass is 314 g/mol. The van der Waals surface area contributed by atoms with Crippen molar-refractivity contribution in [1.82, 2.24) is 4.90 Å². The van der Waals surface area contributed by atoms with Crippen molar-refractivity contribution in [3.05, 3.63) is 29.3 Å². The quantitative estimate of drug-likeness (QED) is 0.774. The van der Waals surface area contributed by atoms with Crippen molar-refractivity contribution in [2.75, 3.05) is 13.1 Å². The van der Waals surface area contributed by atoms with Crippen LogP contribution >= 0.6 is 0 Å². The summed E-state index contributed by atoms with van der Waals surface area (Å²) in [4.78, 5) is 2.55. The van der Waals surface area contributed by atoms with Crippen molar-refractivity contribution in [1.29, 1.82) is 0 Å². The second-order valence-corrected chi connectivity index (χ2v) is 8.42. The zero-order valence-electron chi connectivity index (χ0n) is 13.5. The zero-order chi connectivity index (χ0) is 15.8. The zero-order valence-corrected chi connectivity index (χ0v) is 13.5. The van der Waals surface area contributed by atoms with E-state index < -0.39 is 5.60 Å². The van der Waals surface area contributed by atoms with Crippen LogP contribution in [-0.2, 0) is 11.8 Å². The molecule has 3 fully saturated rings. The summed E-state index contributed by atoms with van der Waals surface area (Å²) in [5, 5.41) is 21.8. The van der Waals surface area contributed by atoms with Crippen LogP contribution in [0.2, 0.25) is 0 Å². The van der Waals surface area contributed by atoms with Gasteiger partial charge in [0, 0.05) is 24.0 Å². The van der Waals surface area contributed by atoms with Gasteiger partial charge in [-0.15, -0.1) is 0 Å². The first-order valence-corrected chi connectivity index (χ1v) is 9.06. The van der Waals surface area contributed by atoms with Crippen molar-refractivity contribution in [3.8, 4) is 5.75 Å². The first-order valence-electron chi connectivity index (χ1n) is 9.06. The van der Waals surface area contributed by atoms with E-state index in [4.69, 9.17) is 5.73 Å². The second kappa shape index (κ2) is 4.50. The molecule has 4 heteroatoms. The lowest BCUT2D eigenvalue weighted by molar-refractivity contribution is -0.131. The number of hydrogen-bond donors (Lipinski definition) is 3. The van der Waals surface area contributed by atoms with Crippen molar-refractivity contribution in [3.63, 3.8) is 0 Å². The number of piperidine rings is 1. The molecule has 4 aliphatic rings. The first kappa shape index (κ1) is 14.3. The Kier molecular flexibility index (Phi) is 2.79. The molecule has 0 unspecified atom stereocenters. The van der Waals surface area contributed by atoms with Crippen LogP contribution < -0.4 is 5.73 Å². The Labute approximate surface area is 137 Å². The third-order valence-corrected chi connectivity index (χ3v) is 7.04. The van der Waals surface area contributed by atoms with Crippen LogP contribution in [0.4, 0.5) is 0 Å². The standard InChI is InChI=1S/C19H26N2O2/c20-14-9-18-5-6-21(11-12-1-2-12)17(19(18,23)10-14)7-13-3-4-15(22)8-16(13)18/h3-4,8,12,14,17,22-23H,1-2,5-7,9-11,20H2/t14-,17-,18+,19-/m1/s1. The maximum absolute atomic E-state index is 11.8. The summed E-state index contributed by atoms with van der Waals surface area (Å²) in [5.41, 5.74) is 7.81. The van der Waals surface area contributed by atoms with Gasteiger partial charge in [-0.1, -0.05) is 6.07 Å². The molecule has 1 heterocycles. The van der Waals surface area contributed by atoms with Gasteiger partial charge in [-0.3, -0.25) is 4.90 Å². The topological polar surface area (TPSA) is 69.7 Å². The molecular weight excluding hydrogens is 288 g/mol. The van der Waals surface area contributed by atoms with Crippen molar-refractivity contribution in [2.45, 2.75) is 61.6 Å². The molecule has 0 radical (unpaired) electrons. The molecule has 1 saturated heterocycles. The summed E-state index contributed by atoms with van der Waals surface area (Å²) in [5.74, 6) is 1.14. The van der Waals surface area contributed by atoms with E-state index in [0.717, 1.165) is 43.8 Å². The molecule has 0 spiro atoms. The van der Waals surface area contributed by atoms with Gasteiger partial charge in [-0.25, -0.2) is 0 Å². The predicted octanol–water partition coefficient (Wildman–Crippen LogP) is 1.52. The number of hydrogen-bond acceptors (Lipinski definition) is 4. The Hall–Kier alpha value is -1.10. The number of nitrogens with two attached hydrogens (primary N) is 1. The summed E-state index contributed by atoms with van der Waals surface area (Å²) in [6.45, 7) is 2.18. The molecule has 2 bridgehead atoms. The maximum Gasteiger partial charge on any atom is 0.115 e. The summed E-state index contributed by atoms with van der Waals surface area (Å²) in [6.07, 6.45) is 6.05. The Morgan fingerprint density at radius 2 is 2.09 bits per heavy atom. The first-order chi connectivity index (χ1) is 11.0. The number of phenolic OH excluding ortho intramolecular Hbond substituents is 1. The van der Waals surface area contributed by atoms with E-state index in [1.165, 1.54) is 18.4 Å². The van der Waals surface area contributed by atoms with Gasteiger partial charge in [0.15, 0.2) is 0 Å². The fourth-order valence-electron chi connectivity index (χ4n) is 5.88. The second-order valence-electron chi connectivity index (χ2n) is 8.42. The van der Waals surface area contributed by atoms with Crippen LogP contribution in [0.1, 0.15) is 43.2 Å². The van der Waals surface area contributed by atoms with Gasteiger partial charge >= 0.3 is 0 Å². The summed E-state index contributed by atoms with van der Waals surface area (Å²) in [6, 6.07) is 5.98. The molecule has 0 aromatic heterocycles. The van der Waals surface area contributed by atoms with Gasteiger partial charge < -0.3 is 15.9 Å². The van der Waals surface area contributed by atoms with Gasteiger partial charge in [0.25, 0.3) is 0 Å². The highest BCUT2D eigenvalue weighted by atomic mass is 16.3. The molecule has 23 heavy (non-hydrogen) atoms. The highest BCUT2D eigenvalue weighted by molar-refractivity contribution is 5.49. The average molecular weight is 314 g/mol. The summed E-state index contributed by atoms with van der Waals surface area (Å²) in [7, 11) is 0. The van der Waals surface area contributed by atoms with E-state index in [9.17, 15) is 10.2 Å². The highest BCUT2D eigenvalue weighted by Gasteiger charge is 2.66. The van der Waals surface area contributed by atoms with E-state index in [1.807, 2.05) is 6.07 Å². The number of aliphatic hydroxyl groups is 1. The molecule has 124 valence electrons. The highest BCUT2D eigenvalue weighted by Crippen LogP contribution is 2.60. The van der Waals surface area contributed by atoms with E-state index in [0.29, 0.717) is 12.2 Å². The molecule has 4 nitrogen and oxygen atoms in total. The molecule has 1 aromatic carbocycles. The number of nitrogens with zero attached hydrogens (tertiary/aromatic N) is 1. The Bertz CT molecular complexity index is 659. The fraction of sp³-hybridized carbons (Fsp3) is 0.684. The fourth-order valence-corrected chi connectivity index (χ4v) is 5.88. The number of rotatable bonds is 2. The smallest absolute Gasteiger partial charge is 0.115 e. The van der Waals surface area contributed by atoms with Gasteiger partial charge in [0.2, 0.25) is 0 Å². The maximum atomic E-state index is 11.8. The van der Waals surface area contributed by atoms with E-state index >= 15 is 0 Å². The Morgan fingerprint density at radius 3 is 2.87 bits per heavy atom. The van der Waals surface area contributed by atoms with Crippen LogP contribution in [-0.4, -0.2) is 45.9 Å². The van der Waals surface area contributed by atoms with Crippen molar-refractivity contribution in [2.24, 2.45) is 11.7 Å². The van der Waals surface area contributed by atoms with E-state index in [-0.39, 0.29) is 17.5 Å². The number of aromatic hydroxyl groups is 1. The van der Waals surface area contributed by atoms with Crippen LogP contribution in [0, 0.1) is 5.92 Å². The van der Waals surface area contributed by atoms with Gasteiger partial charge in [0.05, 0.1) is 5.60 Å². The van der Waals surface area contributed by atoms with E-state index in [2.05, 4.69) is 11.0 Å². The molecule has 1 aromatic rings. The molecule has 4 N–H and O–H groups in total. The van der Waals surface area contributed by atoms with Crippen LogP contribution in [0.15, 0.2) is 18.2 Å². The van der Waals surface area contributed by atoms with Gasteiger partial charge in [0.1, 0.15) is 5.75 Å². The van der Waals surface area contributed by atoms with Crippen LogP contribution in [0.25, 0.3) is 0 Å². The minimum absolute atomic E-state index is 0.0525. The largest absolute Gasteiger partial charge is 0.508 e. The predicted molar refractivity (Wildman–Crippen MR) is 88.4 cm³/mol. The molecular formula is C19H26N2O2. The molecule has 1 aliphatic heterocycles. The SMILES string of the molecule is N[C@@H]1C[C@@]23CCN(CC4CC4)[C@H](Cc4ccc(O)cc42)[C@]3(O)C1. The molecule has 3 aliphatic carbocycles. The number of fused-ring (bicyclic) bond motifs is 1. The normalized spacial score (nSPS) is 42.3. The molecule has 4 atom stereocenters. The van der Waals surface area contributed by atoms with Crippen LogP contribution in [0.5, 0.6) is 5.75 Å². The lowest BCUT2D eigenvalue weighted by atomic mass is 9.56. The third-order valence-electron chi connectivity index (χ3n) is 7.04. The van der Waals surface area contributed by atoms with Gasteiger partial charge in [-0.05, 0) is 74.2 Å².